The fourth-order valence-electron chi connectivity index (χ4n) is 2.87. The van der Waals surface area contributed by atoms with Gasteiger partial charge >= 0.3 is 0 Å². The van der Waals surface area contributed by atoms with E-state index in [1.165, 1.54) is 10.8 Å². The van der Waals surface area contributed by atoms with Crippen LogP contribution in [0.4, 0.5) is 5.82 Å². The van der Waals surface area contributed by atoms with Gasteiger partial charge in [0, 0.05) is 29.9 Å². The molecule has 0 aliphatic carbocycles. The number of anilines is 1. The third-order valence-electron chi connectivity index (χ3n) is 4.12. The normalized spacial score (nSPS) is 21.0. The minimum atomic E-state index is 0.245. The molecule has 1 aromatic carbocycles. The molecule has 100 valence electrons. The van der Waals surface area contributed by atoms with E-state index < -0.39 is 0 Å². The molecule has 2 heterocycles. The Morgan fingerprint density at radius 2 is 2.00 bits per heavy atom. The number of benzene rings is 1. The van der Waals surface area contributed by atoms with Crippen molar-refractivity contribution in [3.05, 3.63) is 30.0 Å². The van der Waals surface area contributed by atoms with E-state index in [9.17, 15) is 0 Å². The molecule has 0 bridgehead atoms. The zero-order valence-electron chi connectivity index (χ0n) is 11.5. The van der Waals surface area contributed by atoms with Crippen molar-refractivity contribution in [1.29, 1.82) is 0 Å². The minimum Gasteiger partial charge on any atom is -0.354 e. The van der Waals surface area contributed by atoms with Gasteiger partial charge in [0.1, 0.15) is 0 Å². The fraction of sp³-hybridized carbons (Fsp3) is 0.467. The van der Waals surface area contributed by atoms with Gasteiger partial charge in [-0.2, -0.15) is 5.10 Å². The summed E-state index contributed by atoms with van der Waals surface area (Å²) in [5, 5.41) is 11.1. The van der Waals surface area contributed by atoms with Gasteiger partial charge in [0.05, 0.1) is 5.69 Å². The first-order chi connectivity index (χ1) is 9.16. The van der Waals surface area contributed by atoms with Gasteiger partial charge in [0.15, 0.2) is 5.82 Å². The average molecular weight is 256 g/mol. The number of aromatic nitrogens is 2. The Labute approximate surface area is 113 Å². The molecule has 1 aliphatic heterocycles. The lowest BCUT2D eigenvalue weighted by Gasteiger charge is -2.20. The first-order valence-electron chi connectivity index (χ1n) is 6.89. The van der Waals surface area contributed by atoms with Gasteiger partial charge < -0.3 is 10.6 Å². The molecule has 4 heteroatoms. The zero-order valence-corrected chi connectivity index (χ0v) is 11.5. The Hall–Kier alpha value is -1.68. The monoisotopic (exact) mass is 256 g/mol. The molecule has 1 aromatic heterocycles. The minimum absolute atomic E-state index is 0.245. The Kier molecular flexibility index (Phi) is 3.11. The van der Waals surface area contributed by atoms with Crippen LogP contribution in [-0.2, 0) is 0 Å². The number of hydrogen-bond donors (Lipinski definition) is 1. The van der Waals surface area contributed by atoms with Crippen molar-refractivity contribution in [1.82, 2.24) is 10.2 Å². The van der Waals surface area contributed by atoms with Crippen LogP contribution in [0.2, 0.25) is 0 Å². The van der Waals surface area contributed by atoms with Crippen LogP contribution in [0.15, 0.2) is 24.3 Å². The van der Waals surface area contributed by atoms with Crippen molar-refractivity contribution in [2.45, 2.75) is 26.3 Å². The van der Waals surface area contributed by atoms with E-state index in [0.717, 1.165) is 31.0 Å². The van der Waals surface area contributed by atoms with Gasteiger partial charge in [-0.05, 0) is 26.2 Å². The summed E-state index contributed by atoms with van der Waals surface area (Å²) in [5.74, 6) is 1.56. The first-order valence-corrected chi connectivity index (χ1v) is 6.89. The molecule has 0 spiro atoms. The lowest BCUT2D eigenvalue weighted by Crippen LogP contribution is -2.30. The lowest BCUT2D eigenvalue weighted by atomic mass is 10.0. The Bertz CT molecular complexity index is 594. The molecule has 2 N–H and O–H groups in total. The van der Waals surface area contributed by atoms with Crippen molar-refractivity contribution >= 4 is 16.6 Å². The first kappa shape index (κ1) is 12.4. The van der Waals surface area contributed by atoms with Crippen LogP contribution in [0, 0.1) is 12.8 Å². The second-order valence-corrected chi connectivity index (χ2v) is 5.51. The van der Waals surface area contributed by atoms with Crippen LogP contribution in [0.1, 0.15) is 19.0 Å². The highest BCUT2D eigenvalue weighted by molar-refractivity contribution is 5.93. The number of rotatable bonds is 2. The Balaban J connectivity index is 2.00. The molecule has 19 heavy (non-hydrogen) atoms. The molecule has 0 saturated carbocycles. The van der Waals surface area contributed by atoms with Gasteiger partial charge in [-0.1, -0.05) is 24.3 Å². The fourth-order valence-corrected chi connectivity index (χ4v) is 2.87. The van der Waals surface area contributed by atoms with E-state index >= 15 is 0 Å². The van der Waals surface area contributed by atoms with Gasteiger partial charge in [-0.3, -0.25) is 0 Å². The maximum absolute atomic E-state index is 6.01. The maximum atomic E-state index is 6.01. The summed E-state index contributed by atoms with van der Waals surface area (Å²) in [5.41, 5.74) is 7.00. The van der Waals surface area contributed by atoms with Crippen LogP contribution in [0.3, 0.4) is 0 Å². The van der Waals surface area contributed by atoms with E-state index in [0.29, 0.717) is 5.92 Å². The Morgan fingerprint density at radius 1 is 1.26 bits per heavy atom. The summed E-state index contributed by atoms with van der Waals surface area (Å²) in [4.78, 5) is 2.32. The highest BCUT2D eigenvalue weighted by atomic mass is 15.3. The second kappa shape index (κ2) is 4.78. The summed E-state index contributed by atoms with van der Waals surface area (Å²) in [7, 11) is 0. The van der Waals surface area contributed by atoms with Gasteiger partial charge in [-0.25, -0.2) is 0 Å². The number of nitrogens with two attached hydrogens (primary N) is 1. The van der Waals surface area contributed by atoms with E-state index in [2.05, 4.69) is 46.3 Å². The average Bonchev–Trinajstić information content (AvgIpc) is 2.89. The second-order valence-electron chi connectivity index (χ2n) is 5.51. The molecule has 0 amide bonds. The highest BCUT2D eigenvalue weighted by Gasteiger charge is 2.27. The summed E-state index contributed by atoms with van der Waals surface area (Å²) in [6.45, 7) is 6.11. The molecule has 2 unspecified atom stereocenters. The van der Waals surface area contributed by atoms with Crippen LogP contribution in [-0.4, -0.2) is 29.3 Å². The zero-order chi connectivity index (χ0) is 13.4. The Morgan fingerprint density at radius 3 is 2.68 bits per heavy atom. The van der Waals surface area contributed by atoms with Crippen molar-refractivity contribution in [3.63, 3.8) is 0 Å². The summed E-state index contributed by atoms with van der Waals surface area (Å²) < 4.78 is 0. The lowest BCUT2D eigenvalue weighted by molar-refractivity contribution is 0.488. The summed E-state index contributed by atoms with van der Waals surface area (Å²) in [6.07, 6.45) is 1.14. The van der Waals surface area contributed by atoms with Crippen molar-refractivity contribution in [3.8, 4) is 0 Å². The topological polar surface area (TPSA) is 55.0 Å². The van der Waals surface area contributed by atoms with E-state index in [1.54, 1.807) is 0 Å². The largest absolute Gasteiger partial charge is 0.354 e. The quantitative estimate of drug-likeness (QED) is 0.894. The molecular weight excluding hydrogens is 236 g/mol. The van der Waals surface area contributed by atoms with E-state index in [-0.39, 0.29) is 6.04 Å². The summed E-state index contributed by atoms with van der Waals surface area (Å²) in [6, 6.07) is 8.60. The van der Waals surface area contributed by atoms with Gasteiger partial charge in [0.25, 0.3) is 0 Å². The van der Waals surface area contributed by atoms with Crippen LogP contribution in [0.25, 0.3) is 10.8 Å². The standard InChI is InChI=1S/C15H20N4/c1-10(16)12-7-8-19(9-12)15-14-6-4-3-5-13(14)11(2)17-18-15/h3-6,10,12H,7-9,16H2,1-2H3. The van der Waals surface area contributed by atoms with Crippen molar-refractivity contribution < 1.29 is 0 Å². The molecular formula is C15H20N4. The van der Waals surface area contributed by atoms with E-state index in [4.69, 9.17) is 5.73 Å². The van der Waals surface area contributed by atoms with Crippen molar-refractivity contribution in [2.75, 3.05) is 18.0 Å². The number of nitrogens with zero attached hydrogens (tertiary/aromatic N) is 3. The van der Waals surface area contributed by atoms with Crippen LogP contribution >= 0.6 is 0 Å². The van der Waals surface area contributed by atoms with Gasteiger partial charge in [-0.15, -0.1) is 5.10 Å². The van der Waals surface area contributed by atoms with Crippen molar-refractivity contribution in [2.24, 2.45) is 11.7 Å². The molecule has 4 nitrogen and oxygen atoms in total. The van der Waals surface area contributed by atoms with Crippen LogP contribution < -0.4 is 10.6 Å². The number of fused-ring (bicyclic) bond motifs is 1. The molecule has 2 atom stereocenters. The molecule has 1 saturated heterocycles. The maximum Gasteiger partial charge on any atom is 0.159 e. The SMILES string of the molecule is Cc1nnc(N2CCC(C(C)N)C2)c2ccccc12. The molecule has 1 fully saturated rings. The number of aryl methyl sites for hydroxylation is 1. The van der Waals surface area contributed by atoms with Gasteiger partial charge in [0.2, 0.25) is 0 Å². The third-order valence-corrected chi connectivity index (χ3v) is 4.12. The third kappa shape index (κ3) is 2.16. The molecule has 3 rings (SSSR count). The predicted octanol–water partition coefficient (Wildman–Crippen LogP) is 2.11. The molecule has 1 aliphatic rings. The van der Waals surface area contributed by atoms with Crippen LogP contribution in [0.5, 0.6) is 0 Å². The highest BCUT2D eigenvalue weighted by Crippen LogP contribution is 2.30. The smallest absolute Gasteiger partial charge is 0.159 e. The van der Waals surface area contributed by atoms with E-state index in [1.807, 2.05) is 6.92 Å². The number of hydrogen-bond acceptors (Lipinski definition) is 4. The summed E-state index contributed by atoms with van der Waals surface area (Å²) >= 11 is 0. The molecule has 2 aromatic rings. The molecule has 0 radical (unpaired) electrons. The predicted molar refractivity (Wildman–Crippen MR) is 78.2 cm³/mol.